The van der Waals surface area contributed by atoms with Gasteiger partial charge in [-0.1, -0.05) is 13.3 Å². The van der Waals surface area contributed by atoms with E-state index in [1.54, 1.807) is 12.1 Å². The van der Waals surface area contributed by atoms with Crippen molar-refractivity contribution in [2.75, 3.05) is 99.0 Å². The van der Waals surface area contributed by atoms with Crippen LogP contribution in [0.5, 0.6) is 5.75 Å². The third-order valence-corrected chi connectivity index (χ3v) is 8.88. The molecule has 0 unspecified atom stereocenters. The summed E-state index contributed by atoms with van der Waals surface area (Å²) in [6.07, 6.45) is 3.10. The molecular formula is C45H71N3O15. The van der Waals surface area contributed by atoms with E-state index in [0.29, 0.717) is 12.4 Å². The second kappa shape index (κ2) is 35.9. The number of carbonyl (C=O) groups is 8. The van der Waals surface area contributed by atoms with Crippen LogP contribution in [0.1, 0.15) is 113 Å². The van der Waals surface area contributed by atoms with Crippen molar-refractivity contribution in [2.45, 2.75) is 98.4 Å². The van der Waals surface area contributed by atoms with Gasteiger partial charge in [0.05, 0.1) is 91.9 Å². The van der Waals surface area contributed by atoms with E-state index in [4.69, 9.17) is 33.2 Å². The molecule has 3 N–H and O–H groups in total. The van der Waals surface area contributed by atoms with Gasteiger partial charge in [0.1, 0.15) is 34.7 Å². The monoisotopic (exact) mass is 893 g/mol. The molecule has 0 saturated carbocycles. The lowest BCUT2D eigenvalue weighted by atomic mass is 10.0. The number of unbranched alkanes of at least 4 members (excludes halogenated alkanes) is 1. The van der Waals surface area contributed by atoms with Crippen LogP contribution < -0.4 is 20.7 Å². The third kappa shape index (κ3) is 31.9. The number of amides is 3. The van der Waals surface area contributed by atoms with E-state index >= 15 is 0 Å². The zero-order valence-electron chi connectivity index (χ0n) is 38.0. The molecule has 0 saturated heterocycles. The number of carbonyl (C=O) groups excluding carboxylic acids is 8. The first-order chi connectivity index (χ1) is 30.2. The first-order valence-electron chi connectivity index (χ1n) is 21.8. The summed E-state index contributed by atoms with van der Waals surface area (Å²) in [4.78, 5) is 96.3. The summed E-state index contributed by atoms with van der Waals surface area (Å²) >= 11 is 0. The van der Waals surface area contributed by atoms with Gasteiger partial charge in [0.15, 0.2) is 0 Å². The summed E-state index contributed by atoms with van der Waals surface area (Å²) in [5, 5.41) is 8.34. The van der Waals surface area contributed by atoms with Crippen molar-refractivity contribution >= 4 is 46.6 Å². The van der Waals surface area contributed by atoms with Crippen LogP contribution in [0.2, 0.25) is 0 Å². The Hall–Kier alpha value is -4.46. The zero-order valence-corrected chi connectivity index (χ0v) is 38.0. The molecule has 0 heterocycles. The van der Waals surface area contributed by atoms with E-state index < -0.39 is 17.9 Å². The number of nitrogens with one attached hydrogen (secondary N) is 3. The highest BCUT2D eigenvalue weighted by Gasteiger charge is 2.18. The topological polar surface area (TPSA) is 237 Å². The second-order valence-corrected chi connectivity index (χ2v) is 15.2. The predicted octanol–water partition coefficient (Wildman–Crippen LogP) is 3.18. The van der Waals surface area contributed by atoms with Crippen LogP contribution in [0, 0.1) is 5.92 Å². The fourth-order valence-corrected chi connectivity index (χ4v) is 5.35. The molecular weight excluding hydrogens is 823 g/mol. The van der Waals surface area contributed by atoms with Gasteiger partial charge in [-0.15, -0.1) is 0 Å². The molecule has 0 bridgehead atoms. The molecule has 1 aromatic carbocycles. The van der Waals surface area contributed by atoms with E-state index in [-0.39, 0.29) is 189 Å². The molecule has 1 aromatic rings. The molecule has 0 aliphatic heterocycles. The van der Waals surface area contributed by atoms with Crippen molar-refractivity contribution in [3.05, 3.63) is 29.3 Å². The molecule has 356 valence electrons. The number of Topliss-reactive ketones (excluding diaryl/α,β-unsaturated/α-hetero) is 5. The van der Waals surface area contributed by atoms with Crippen molar-refractivity contribution in [2.24, 2.45) is 5.92 Å². The smallest absolute Gasteiger partial charge is 0.251 e. The molecule has 0 radical (unpaired) electrons. The average Bonchev–Trinajstić information content (AvgIpc) is 3.22. The largest absolute Gasteiger partial charge is 0.494 e. The maximum Gasteiger partial charge on any atom is 0.251 e. The van der Waals surface area contributed by atoms with Crippen LogP contribution in [-0.4, -0.2) is 152 Å². The van der Waals surface area contributed by atoms with Crippen LogP contribution in [0.25, 0.3) is 0 Å². The molecule has 0 aromatic heterocycles. The van der Waals surface area contributed by atoms with E-state index in [2.05, 4.69) is 16.0 Å². The van der Waals surface area contributed by atoms with E-state index in [9.17, 15) is 38.4 Å². The second-order valence-electron chi connectivity index (χ2n) is 15.2. The van der Waals surface area contributed by atoms with Gasteiger partial charge < -0.3 is 49.1 Å². The van der Waals surface area contributed by atoms with Crippen LogP contribution in [0.15, 0.2) is 18.2 Å². The number of ether oxygens (including phenoxy) is 7. The normalized spacial score (nSPS) is 11.1. The summed E-state index contributed by atoms with van der Waals surface area (Å²) in [6, 6.07) is 4.08. The standard InChI is InChI=1S/C45H71N3O15/c1-6-7-16-63-42-27-38(44(55)46-14-23-57-21-12-41(53)25-37(29-59-17-8-33(2)49)30-60-18-9-34(3)50)26-39(28-42)45(56)47-15-24-58-22-13-43(54)48-40(31-61-19-10-35(4)51)32-62-20-11-36(5)52/h26-28,37,40H,6-25,29-32H2,1-5H3,(H,46,55)(H,47,56)(H,48,54). The van der Waals surface area contributed by atoms with Crippen molar-refractivity contribution < 1.29 is 71.5 Å². The SMILES string of the molecule is CCCCOc1cc(C(=O)NCCOCCC(=O)CC(COCCC(C)=O)COCCC(C)=O)cc(C(=O)NCCOCCC(=O)NC(COCCC(C)=O)COCCC(C)=O)c1. The number of hydrogen-bond acceptors (Lipinski definition) is 15. The molecule has 0 atom stereocenters. The Morgan fingerprint density at radius 2 is 0.937 bits per heavy atom. The summed E-state index contributed by atoms with van der Waals surface area (Å²) in [5.74, 6) is -1.16. The number of rotatable bonds is 41. The molecule has 18 nitrogen and oxygen atoms in total. The molecule has 1 rings (SSSR count). The Morgan fingerprint density at radius 3 is 1.38 bits per heavy atom. The lowest BCUT2D eigenvalue weighted by Crippen LogP contribution is -2.42. The van der Waals surface area contributed by atoms with E-state index in [1.165, 1.54) is 33.8 Å². The minimum absolute atomic E-state index is 0.00760. The maximum atomic E-state index is 13.1. The highest BCUT2D eigenvalue weighted by atomic mass is 16.5. The van der Waals surface area contributed by atoms with Crippen molar-refractivity contribution in [1.29, 1.82) is 0 Å². The molecule has 3 amide bonds. The fraction of sp³-hybridized carbons (Fsp3) is 0.689. The minimum Gasteiger partial charge on any atom is -0.494 e. The van der Waals surface area contributed by atoms with Crippen molar-refractivity contribution in [1.82, 2.24) is 16.0 Å². The van der Waals surface area contributed by atoms with Gasteiger partial charge in [0.2, 0.25) is 5.91 Å². The van der Waals surface area contributed by atoms with Crippen molar-refractivity contribution in [3.8, 4) is 5.75 Å². The fourth-order valence-electron chi connectivity index (χ4n) is 5.35. The number of ketones is 5. The Morgan fingerprint density at radius 1 is 0.508 bits per heavy atom. The molecule has 0 aliphatic rings. The number of benzene rings is 1. The lowest BCUT2D eigenvalue weighted by Gasteiger charge is -2.19. The van der Waals surface area contributed by atoms with Gasteiger partial charge >= 0.3 is 0 Å². The molecule has 0 fully saturated rings. The van der Waals surface area contributed by atoms with Crippen LogP contribution in [0.3, 0.4) is 0 Å². The summed E-state index contributed by atoms with van der Waals surface area (Å²) in [6.45, 7) is 10.7. The number of hydrogen-bond donors (Lipinski definition) is 3. The summed E-state index contributed by atoms with van der Waals surface area (Å²) in [5.41, 5.74) is 0.415. The van der Waals surface area contributed by atoms with Gasteiger partial charge in [-0.3, -0.25) is 38.4 Å². The first kappa shape index (κ1) is 56.6. The Kier molecular flexibility index (Phi) is 32.3. The predicted molar refractivity (Wildman–Crippen MR) is 232 cm³/mol. The van der Waals surface area contributed by atoms with E-state index in [0.717, 1.165) is 12.8 Å². The quantitative estimate of drug-likeness (QED) is 0.0801. The van der Waals surface area contributed by atoms with Gasteiger partial charge in [-0.2, -0.15) is 0 Å². The Labute approximate surface area is 371 Å². The average molecular weight is 894 g/mol. The third-order valence-electron chi connectivity index (χ3n) is 8.88. The highest BCUT2D eigenvalue weighted by molar-refractivity contribution is 6.00. The van der Waals surface area contributed by atoms with Crippen molar-refractivity contribution in [3.63, 3.8) is 0 Å². The maximum absolute atomic E-state index is 13.1. The van der Waals surface area contributed by atoms with Gasteiger partial charge in [0, 0.05) is 75.1 Å². The summed E-state index contributed by atoms with van der Waals surface area (Å²) < 4.78 is 39.2. The zero-order chi connectivity index (χ0) is 46.7. The molecule has 0 spiro atoms. The molecule has 0 aliphatic carbocycles. The minimum atomic E-state index is -0.486. The lowest BCUT2D eigenvalue weighted by molar-refractivity contribution is -0.125. The van der Waals surface area contributed by atoms with Crippen LogP contribution >= 0.6 is 0 Å². The summed E-state index contributed by atoms with van der Waals surface area (Å²) in [7, 11) is 0. The van der Waals surface area contributed by atoms with Gasteiger partial charge in [-0.25, -0.2) is 0 Å². The Balaban J connectivity index is 2.58. The first-order valence-corrected chi connectivity index (χ1v) is 21.8. The van der Waals surface area contributed by atoms with Gasteiger partial charge in [0.25, 0.3) is 11.8 Å². The molecule has 18 heteroatoms. The molecule has 63 heavy (non-hydrogen) atoms. The van der Waals surface area contributed by atoms with Crippen LogP contribution in [0.4, 0.5) is 0 Å². The van der Waals surface area contributed by atoms with Crippen LogP contribution in [-0.2, 0) is 57.2 Å². The van der Waals surface area contributed by atoms with Gasteiger partial charge in [-0.05, 0) is 52.3 Å². The van der Waals surface area contributed by atoms with E-state index in [1.807, 2.05) is 6.92 Å². The highest BCUT2D eigenvalue weighted by Crippen LogP contribution is 2.18. The Bertz CT molecular complexity index is 1410.